The maximum Gasteiger partial charge on any atom is 0.416 e. The van der Waals surface area contributed by atoms with Crippen LogP contribution in [0.4, 0.5) is 18.9 Å². The Balaban J connectivity index is 1.35. The van der Waals surface area contributed by atoms with Gasteiger partial charge >= 0.3 is 6.18 Å². The minimum absolute atomic E-state index is 0.0880. The van der Waals surface area contributed by atoms with Gasteiger partial charge in [0.2, 0.25) is 11.8 Å². The number of benzene rings is 1. The largest absolute Gasteiger partial charge is 0.416 e. The molecule has 0 bridgehead atoms. The van der Waals surface area contributed by atoms with Crippen molar-refractivity contribution in [3.63, 3.8) is 0 Å². The molecule has 0 saturated carbocycles. The highest BCUT2D eigenvalue weighted by Crippen LogP contribution is 2.31. The molecule has 10 heteroatoms. The summed E-state index contributed by atoms with van der Waals surface area (Å²) in [5, 5.41) is 2.57. The molecule has 0 radical (unpaired) electrons. The molecular formula is C22H24F3N5O2. The molecule has 2 aliphatic rings. The van der Waals surface area contributed by atoms with Crippen LogP contribution >= 0.6 is 0 Å². The molecule has 7 nitrogen and oxygen atoms in total. The quantitative estimate of drug-likeness (QED) is 0.671. The van der Waals surface area contributed by atoms with E-state index in [9.17, 15) is 22.8 Å². The van der Waals surface area contributed by atoms with Gasteiger partial charge in [0.05, 0.1) is 23.2 Å². The third-order valence-electron chi connectivity index (χ3n) is 5.81. The number of hydrogen-bond acceptors (Lipinski definition) is 5. The number of nitrogens with one attached hydrogen (secondary N) is 3. The first-order valence-corrected chi connectivity index (χ1v) is 10.5. The standard InChI is InChI=1S/C22H24F3N5O2/c23-22(24,25)15-6-3-7-16(11-15)27-20(31)14-5-4-10-30(13-14)21(32)19-12-18(28-29-19)17-8-1-2-9-26-17/h1-3,6-9,11,14,18-19,28-29H,4-5,10,12-13H2,(H,27,31). The van der Waals surface area contributed by atoms with Crippen LogP contribution in [-0.2, 0) is 15.8 Å². The van der Waals surface area contributed by atoms with Crippen LogP contribution in [-0.4, -0.2) is 40.8 Å². The van der Waals surface area contributed by atoms with Gasteiger partial charge in [-0.15, -0.1) is 0 Å². The fraction of sp³-hybridized carbons (Fsp3) is 0.409. The molecule has 2 aliphatic heterocycles. The maximum absolute atomic E-state index is 13.0. The summed E-state index contributed by atoms with van der Waals surface area (Å²) in [5.74, 6) is -0.971. The summed E-state index contributed by atoms with van der Waals surface area (Å²) in [6, 6.07) is 9.62. The molecule has 3 atom stereocenters. The average molecular weight is 447 g/mol. The molecule has 3 heterocycles. The summed E-state index contributed by atoms with van der Waals surface area (Å²) < 4.78 is 38.7. The molecule has 32 heavy (non-hydrogen) atoms. The highest BCUT2D eigenvalue weighted by Gasteiger charge is 2.36. The van der Waals surface area contributed by atoms with E-state index < -0.39 is 23.7 Å². The van der Waals surface area contributed by atoms with Crippen molar-refractivity contribution in [1.82, 2.24) is 20.7 Å². The number of carbonyl (C=O) groups excluding carboxylic acids is 2. The molecule has 170 valence electrons. The molecule has 1 aromatic heterocycles. The van der Waals surface area contributed by atoms with Gasteiger partial charge in [-0.3, -0.25) is 14.6 Å². The van der Waals surface area contributed by atoms with Gasteiger partial charge in [-0.1, -0.05) is 12.1 Å². The zero-order valence-electron chi connectivity index (χ0n) is 17.2. The van der Waals surface area contributed by atoms with Crippen molar-refractivity contribution in [2.45, 2.75) is 37.5 Å². The third kappa shape index (κ3) is 5.08. The van der Waals surface area contributed by atoms with Crippen molar-refractivity contribution < 1.29 is 22.8 Å². The summed E-state index contributed by atoms with van der Waals surface area (Å²) in [6.07, 6.45) is -1.03. The van der Waals surface area contributed by atoms with Gasteiger partial charge in [0, 0.05) is 25.0 Å². The Hall–Kier alpha value is -2.98. The Morgan fingerprint density at radius 3 is 2.72 bits per heavy atom. The molecule has 2 aromatic rings. The summed E-state index contributed by atoms with van der Waals surface area (Å²) in [5.41, 5.74) is 6.22. The summed E-state index contributed by atoms with van der Waals surface area (Å²) in [6.45, 7) is 0.772. The van der Waals surface area contributed by atoms with Gasteiger partial charge in [-0.25, -0.2) is 10.9 Å². The van der Waals surface area contributed by atoms with E-state index in [0.29, 0.717) is 25.8 Å². The van der Waals surface area contributed by atoms with Gasteiger partial charge < -0.3 is 10.2 Å². The second kappa shape index (κ2) is 9.25. The van der Waals surface area contributed by atoms with E-state index in [1.807, 2.05) is 18.2 Å². The fourth-order valence-electron chi connectivity index (χ4n) is 4.12. The predicted molar refractivity (Wildman–Crippen MR) is 111 cm³/mol. The monoisotopic (exact) mass is 447 g/mol. The number of likely N-dealkylation sites (tertiary alicyclic amines) is 1. The Kier molecular flexibility index (Phi) is 6.43. The predicted octanol–water partition coefficient (Wildman–Crippen LogP) is 2.89. The lowest BCUT2D eigenvalue weighted by Gasteiger charge is -2.33. The van der Waals surface area contributed by atoms with Gasteiger partial charge in [0.1, 0.15) is 6.04 Å². The van der Waals surface area contributed by atoms with Crippen molar-refractivity contribution in [2.24, 2.45) is 5.92 Å². The van der Waals surface area contributed by atoms with Crippen LogP contribution in [0.2, 0.25) is 0 Å². The van der Waals surface area contributed by atoms with Gasteiger partial charge in [-0.2, -0.15) is 13.2 Å². The Morgan fingerprint density at radius 1 is 1.12 bits per heavy atom. The van der Waals surface area contributed by atoms with E-state index in [1.165, 1.54) is 12.1 Å². The van der Waals surface area contributed by atoms with Crippen molar-refractivity contribution in [2.75, 3.05) is 18.4 Å². The number of amides is 2. The first-order chi connectivity index (χ1) is 15.3. The van der Waals surface area contributed by atoms with E-state index in [2.05, 4.69) is 21.2 Å². The topological polar surface area (TPSA) is 86.4 Å². The lowest BCUT2D eigenvalue weighted by molar-refractivity contribution is -0.138. The van der Waals surface area contributed by atoms with Crippen molar-refractivity contribution in [3.05, 3.63) is 59.9 Å². The number of anilines is 1. The highest BCUT2D eigenvalue weighted by atomic mass is 19.4. The number of hydrazine groups is 1. The number of nitrogens with zero attached hydrogens (tertiary/aromatic N) is 2. The zero-order valence-corrected chi connectivity index (χ0v) is 17.2. The van der Waals surface area contributed by atoms with Crippen LogP contribution in [0.25, 0.3) is 0 Å². The molecule has 1 aromatic carbocycles. The molecular weight excluding hydrogens is 423 g/mol. The van der Waals surface area contributed by atoms with Crippen LogP contribution in [0.3, 0.4) is 0 Å². The Morgan fingerprint density at radius 2 is 1.97 bits per heavy atom. The average Bonchev–Trinajstić information content (AvgIpc) is 3.29. The van der Waals surface area contributed by atoms with Crippen LogP contribution < -0.4 is 16.2 Å². The number of carbonyl (C=O) groups is 2. The summed E-state index contributed by atoms with van der Waals surface area (Å²) >= 11 is 0. The van der Waals surface area contributed by atoms with E-state index in [0.717, 1.165) is 17.8 Å². The minimum atomic E-state index is -4.48. The van der Waals surface area contributed by atoms with Crippen molar-refractivity contribution in [1.29, 1.82) is 0 Å². The molecule has 0 aliphatic carbocycles. The number of hydrogen-bond donors (Lipinski definition) is 3. The fourth-order valence-corrected chi connectivity index (χ4v) is 4.12. The first kappa shape index (κ1) is 22.2. The lowest BCUT2D eigenvalue weighted by atomic mass is 9.95. The van der Waals surface area contributed by atoms with Gasteiger partial charge in [0.15, 0.2) is 0 Å². The minimum Gasteiger partial charge on any atom is -0.341 e. The molecule has 2 fully saturated rings. The molecule has 3 unspecified atom stereocenters. The van der Waals surface area contributed by atoms with E-state index in [-0.39, 0.29) is 30.1 Å². The third-order valence-corrected chi connectivity index (χ3v) is 5.81. The second-order valence-corrected chi connectivity index (χ2v) is 8.08. The molecule has 4 rings (SSSR count). The number of rotatable bonds is 4. The van der Waals surface area contributed by atoms with Crippen LogP contribution in [0.5, 0.6) is 0 Å². The zero-order chi connectivity index (χ0) is 22.7. The number of alkyl halides is 3. The Bertz CT molecular complexity index is 970. The molecule has 0 spiro atoms. The molecule has 2 saturated heterocycles. The molecule has 2 amide bonds. The summed E-state index contributed by atoms with van der Waals surface area (Å²) in [7, 11) is 0. The SMILES string of the molecule is O=C(Nc1cccc(C(F)(F)F)c1)C1CCCN(C(=O)C2CC(c3ccccn3)NN2)C1. The smallest absolute Gasteiger partial charge is 0.341 e. The highest BCUT2D eigenvalue weighted by molar-refractivity contribution is 5.93. The number of pyridine rings is 1. The number of halogens is 3. The van der Waals surface area contributed by atoms with Crippen LogP contribution in [0, 0.1) is 5.92 Å². The second-order valence-electron chi connectivity index (χ2n) is 8.08. The van der Waals surface area contributed by atoms with E-state index in [1.54, 1.807) is 11.1 Å². The van der Waals surface area contributed by atoms with Crippen LogP contribution in [0.1, 0.15) is 36.6 Å². The maximum atomic E-state index is 13.0. The number of piperidine rings is 1. The van der Waals surface area contributed by atoms with Gasteiger partial charge in [0.25, 0.3) is 0 Å². The Labute approximate surface area is 183 Å². The normalized spacial score (nSPS) is 23.7. The lowest BCUT2D eigenvalue weighted by Crippen LogP contribution is -2.50. The van der Waals surface area contributed by atoms with Crippen molar-refractivity contribution in [3.8, 4) is 0 Å². The van der Waals surface area contributed by atoms with Crippen molar-refractivity contribution >= 4 is 17.5 Å². The van der Waals surface area contributed by atoms with Crippen LogP contribution in [0.15, 0.2) is 48.7 Å². The van der Waals surface area contributed by atoms with Gasteiger partial charge in [-0.05, 0) is 49.6 Å². The molecule has 3 N–H and O–H groups in total. The number of aromatic nitrogens is 1. The first-order valence-electron chi connectivity index (χ1n) is 10.5. The van der Waals surface area contributed by atoms with E-state index in [4.69, 9.17) is 0 Å². The van der Waals surface area contributed by atoms with E-state index >= 15 is 0 Å². The summed E-state index contributed by atoms with van der Waals surface area (Å²) in [4.78, 5) is 31.7.